The van der Waals surface area contributed by atoms with Crippen molar-refractivity contribution in [3.8, 4) is 0 Å². The Labute approximate surface area is 128 Å². The highest BCUT2D eigenvalue weighted by molar-refractivity contribution is 7.89. The van der Waals surface area contributed by atoms with Crippen LogP contribution in [-0.2, 0) is 23.1 Å². The van der Waals surface area contributed by atoms with Crippen molar-refractivity contribution in [2.45, 2.75) is 31.8 Å². The Hall–Kier alpha value is -2.26. The number of nitro groups is 1. The average molecular weight is 324 g/mol. The molecule has 0 unspecified atom stereocenters. The molecule has 0 amide bonds. The van der Waals surface area contributed by atoms with E-state index >= 15 is 0 Å². The zero-order chi connectivity index (χ0) is 16.3. The van der Waals surface area contributed by atoms with Crippen LogP contribution in [0.5, 0.6) is 0 Å². The SMILES string of the molecule is CCn1cc(CNS(=O)(=O)c2cccc([N+](=O)[O-])c2)c(C)n1. The first-order chi connectivity index (χ1) is 10.3. The Morgan fingerprint density at radius 1 is 1.41 bits per heavy atom. The molecule has 0 saturated heterocycles. The number of aromatic nitrogens is 2. The van der Waals surface area contributed by atoms with E-state index in [1.54, 1.807) is 17.8 Å². The van der Waals surface area contributed by atoms with Gasteiger partial charge >= 0.3 is 0 Å². The molecule has 0 saturated carbocycles. The van der Waals surface area contributed by atoms with Crippen molar-refractivity contribution in [1.82, 2.24) is 14.5 Å². The topological polar surface area (TPSA) is 107 Å². The summed E-state index contributed by atoms with van der Waals surface area (Å²) in [6.07, 6.45) is 1.77. The summed E-state index contributed by atoms with van der Waals surface area (Å²) in [4.78, 5) is 9.95. The monoisotopic (exact) mass is 324 g/mol. The standard InChI is InChI=1S/C13H16N4O4S/c1-3-16-9-11(10(2)15-16)8-14-22(20,21)13-6-4-5-12(7-13)17(18)19/h4-7,9,14H,3,8H2,1-2H3. The number of nitro benzene ring substituents is 1. The summed E-state index contributed by atoms with van der Waals surface area (Å²) in [6, 6.07) is 4.93. The Morgan fingerprint density at radius 2 is 2.14 bits per heavy atom. The number of non-ortho nitro benzene ring substituents is 1. The van der Waals surface area contributed by atoms with Crippen molar-refractivity contribution in [2.75, 3.05) is 0 Å². The number of nitrogens with one attached hydrogen (secondary N) is 1. The number of aryl methyl sites for hydroxylation is 2. The van der Waals surface area contributed by atoms with E-state index < -0.39 is 14.9 Å². The lowest BCUT2D eigenvalue weighted by atomic mass is 10.3. The van der Waals surface area contributed by atoms with Crippen molar-refractivity contribution >= 4 is 15.7 Å². The fraction of sp³-hybridized carbons (Fsp3) is 0.308. The maximum Gasteiger partial charge on any atom is 0.270 e. The van der Waals surface area contributed by atoms with E-state index in [2.05, 4.69) is 9.82 Å². The first-order valence-electron chi connectivity index (χ1n) is 6.60. The summed E-state index contributed by atoms with van der Waals surface area (Å²) in [7, 11) is -3.82. The van der Waals surface area contributed by atoms with Gasteiger partial charge < -0.3 is 0 Å². The third-order valence-corrected chi connectivity index (χ3v) is 4.56. The van der Waals surface area contributed by atoms with Crippen LogP contribution in [0.2, 0.25) is 0 Å². The minimum Gasteiger partial charge on any atom is -0.272 e. The van der Waals surface area contributed by atoms with Crippen molar-refractivity contribution < 1.29 is 13.3 Å². The second-order valence-electron chi connectivity index (χ2n) is 4.67. The second kappa shape index (κ2) is 6.24. The highest BCUT2D eigenvalue weighted by Crippen LogP contribution is 2.17. The first-order valence-corrected chi connectivity index (χ1v) is 8.09. The van der Waals surface area contributed by atoms with Gasteiger partial charge in [0, 0.05) is 37.0 Å². The van der Waals surface area contributed by atoms with Crippen LogP contribution in [0.3, 0.4) is 0 Å². The normalized spacial score (nSPS) is 11.5. The van der Waals surface area contributed by atoms with E-state index in [-0.39, 0.29) is 17.1 Å². The van der Waals surface area contributed by atoms with Crippen molar-refractivity contribution in [3.05, 3.63) is 51.8 Å². The highest BCUT2D eigenvalue weighted by Gasteiger charge is 2.18. The molecule has 0 aliphatic heterocycles. The summed E-state index contributed by atoms with van der Waals surface area (Å²) in [5, 5.41) is 15.0. The second-order valence-corrected chi connectivity index (χ2v) is 6.44. The number of sulfonamides is 1. The number of benzene rings is 1. The van der Waals surface area contributed by atoms with Crippen LogP contribution in [0, 0.1) is 17.0 Å². The maximum atomic E-state index is 12.2. The van der Waals surface area contributed by atoms with Gasteiger partial charge in [0.1, 0.15) is 0 Å². The molecule has 0 radical (unpaired) electrons. The molecule has 118 valence electrons. The van der Waals surface area contributed by atoms with E-state index in [9.17, 15) is 18.5 Å². The smallest absolute Gasteiger partial charge is 0.270 e. The van der Waals surface area contributed by atoms with Crippen molar-refractivity contribution in [3.63, 3.8) is 0 Å². The molecule has 1 heterocycles. The van der Waals surface area contributed by atoms with Crippen molar-refractivity contribution in [2.24, 2.45) is 0 Å². The van der Waals surface area contributed by atoms with Crippen LogP contribution < -0.4 is 4.72 Å². The van der Waals surface area contributed by atoms with E-state index in [0.717, 1.165) is 17.3 Å². The van der Waals surface area contributed by atoms with Crippen LogP contribution in [0.15, 0.2) is 35.4 Å². The van der Waals surface area contributed by atoms with Crippen LogP contribution >= 0.6 is 0 Å². The molecule has 1 aromatic heterocycles. The molecule has 8 nitrogen and oxygen atoms in total. The Kier molecular flexibility index (Phi) is 4.57. The Morgan fingerprint density at radius 3 is 2.73 bits per heavy atom. The molecule has 2 rings (SSSR count). The zero-order valence-corrected chi connectivity index (χ0v) is 13.0. The molecule has 0 aliphatic carbocycles. The minimum absolute atomic E-state index is 0.0802. The number of hydrogen-bond donors (Lipinski definition) is 1. The lowest BCUT2D eigenvalue weighted by Gasteiger charge is -2.06. The van der Waals surface area contributed by atoms with Crippen LogP contribution in [0.4, 0.5) is 5.69 Å². The summed E-state index contributed by atoms with van der Waals surface area (Å²) in [6.45, 7) is 4.50. The summed E-state index contributed by atoms with van der Waals surface area (Å²) in [5.41, 5.74) is 1.23. The van der Waals surface area contributed by atoms with Crippen LogP contribution in [0.1, 0.15) is 18.2 Å². The fourth-order valence-corrected chi connectivity index (χ4v) is 2.96. The van der Waals surface area contributed by atoms with E-state index in [4.69, 9.17) is 0 Å². The molecule has 0 aliphatic rings. The van der Waals surface area contributed by atoms with Gasteiger partial charge in [-0.05, 0) is 19.9 Å². The van der Waals surface area contributed by atoms with E-state index in [0.29, 0.717) is 6.54 Å². The molecule has 9 heteroatoms. The van der Waals surface area contributed by atoms with Crippen LogP contribution in [0.25, 0.3) is 0 Å². The number of hydrogen-bond acceptors (Lipinski definition) is 5. The van der Waals surface area contributed by atoms with Gasteiger partial charge in [-0.2, -0.15) is 5.10 Å². The predicted octanol–water partition coefficient (Wildman–Crippen LogP) is 1.60. The number of rotatable bonds is 6. The van der Waals surface area contributed by atoms with Gasteiger partial charge in [0.25, 0.3) is 5.69 Å². The molecule has 1 aromatic carbocycles. The third-order valence-electron chi connectivity index (χ3n) is 3.16. The quantitative estimate of drug-likeness (QED) is 0.641. The van der Waals surface area contributed by atoms with Gasteiger partial charge in [0.05, 0.1) is 15.5 Å². The first kappa shape index (κ1) is 16.1. The van der Waals surface area contributed by atoms with Crippen molar-refractivity contribution in [1.29, 1.82) is 0 Å². The molecule has 0 fully saturated rings. The maximum absolute atomic E-state index is 12.2. The predicted molar refractivity (Wildman–Crippen MR) is 79.8 cm³/mol. The third kappa shape index (κ3) is 3.49. The molecule has 0 spiro atoms. The molecular weight excluding hydrogens is 308 g/mol. The molecule has 1 N–H and O–H groups in total. The molecule has 22 heavy (non-hydrogen) atoms. The highest BCUT2D eigenvalue weighted by atomic mass is 32.2. The minimum atomic E-state index is -3.82. The number of nitrogens with zero attached hydrogens (tertiary/aromatic N) is 3. The lowest BCUT2D eigenvalue weighted by Crippen LogP contribution is -2.23. The molecule has 0 bridgehead atoms. The van der Waals surface area contributed by atoms with Gasteiger partial charge in [-0.3, -0.25) is 14.8 Å². The van der Waals surface area contributed by atoms with Gasteiger partial charge in [-0.15, -0.1) is 0 Å². The molecule has 2 aromatic rings. The average Bonchev–Trinajstić information content (AvgIpc) is 2.86. The van der Waals surface area contributed by atoms with E-state index in [1.165, 1.54) is 18.2 Å². The fourth-order valence-electron chi connectivity index (χ4n) is 1.91. The zero-order valence-electron chi connectivity index (χ0n) is 12.2. The van der Waals surface area contributed by atoms with Gasteiger partial charge in [0.15, 0.2) is 0 Å². The molecular formula is C13H16N4O4S. The van der Waals surface area contributed by atoms with Crippen LogP contribution in [-0.4, -0.2) is 23.1 Å². The van der Waals surface area contributed by atoms with Gasteiger partial charge in [-0.1, -0.05) is 6.07 Å². The summed E-state index contributed by atoms with van der Waals surface area (Å²) >= 11 is 0. The van der Waals surface area contributed by atoms with Gasteiger partial charge in [-0.25, -0.2) is 13.1 Å². The Balaban J connectivity index is 2.19. The van der Waals surface area contributed by atoms with E-state index in [1.807, 2.05) is 6.92 Å². The van der Waals surface area contributed by atoms with Gasteiger partial charge in [0.2, 0.25) is 10.0 Å². The summed E-state index contributed by atoms with van der Waals surface area (Å²) < 4.78 is 28.6. The molecule has 0 atom stereocenters. The lowest BCUT2D eigenvalue weighted by molar-refractivity contribution is -0.385. The Bertz CT molecular complexity index is 798. The summed E-state index contributed by atoms with van der Waals surface area (Å²) in [5.74, 6) is 0. The largest absolute Gasteiger partial charge is 0.272 e.